The first-order valence-electron chi connectivity index (χ1n) is 3.61. The van der Waals surface area contributed by atoms with E-state index in [1.807, 2.05) is 0 Å². The molecule has 0 amide bonds. The summed E-state index contributed by atoms with van der Waals surface area (Å²) in [5, 5.41) is 0. The molecule has 1 aliphatic heterocycles. The molecule has 12 heavy (non-hydrogen) atoms. The predicted molar refractivity (Wildman–Crippen MR) is 50.3 cm³/mol. The molecule has 0 bridgehead atoms. The number of carbonyl (C=O) groups is 2. The molecule has 68 valence electrons. The second kappa shape index (κ2) is 4.77. The van der Waals surface area contributed by atoms with Gasteiger partial charge >= 0.3 is 5.97 Å². The van der Waals surface area contributed by atoms with Gasteiger partial charge in [-0.3, -0.25) is 4.79 Å². The molecule has 0 aromatic heterocycles. The Morgan fingerprint density at radius 2 is 2.17 bits per heavy atom. The quantitative estimate of drug-likeness (QED) is 0.496. The van der Waals surface area contributed by atoms with Crippen molar-refractivity contribution in [3.05, 3.63) is 0 Å². The number of hydrogen-bond acceptors (Lipinski definition) is 5. The number of carbonyl (C=O) groups excluding carboxylic acids is 2. The second-order valence-corrected chi connectivity index (χ2v) is 4.75. The SMILES string of the molecule is CC(=O)C(=O)OC1CSCCS1. The minimum atomic E-state index is -0.713. The number of esters is 1. The average molecular weight is 206 g/mol. The highest BCUT2D eigenvalue weighted by Gasteiger charge is 2.20. The molecule has 1 rings (SSSR count). The molecular weight excluding hydrogens is 196 g/mol. The molecule has 0 aliphatic carbocycles. The summed E-state index contributed by atoms with van der Waals surface area (Å²) in [5.74, 6) is 1.64. The van der Waals surface area contributed by atoms with Crippen molar-refractivity contribution in [3.63, 3.8) is 0 Å². The average Bonchev–Trinajstić information content (AvgIpc) is 2.06. The van der Waals surface area contributed by atoms with Crippen LogP contribution in [0.1, 0.15) is 6.92 Å². The molecule has 1 fully saturated rings. The lowest BCUT2D eigenvalue weighted by Crippen LogP contribution is -2.24. The van der Waals surface area contributed by atoms with Gasteiger partial charge in [-0.05, 0) is 0 Å². The van der Waals surface area contributed by atoms with Crippen molar-refractivity contribution in [2.45, 2.75) is 12.4 Å². The Morgan fingerprint density at radius 3 is 2.67 bits per heavy atom. The van der Waals surface area contributed by atoms with Gasteiger partial charge in [0.2, 0.25) is 5.78 Å². The van der Waals surface area contributed by atoms with Crippen molar-refractivity contribution < 1.29 is 14.3 Å². The Bertz CT molecular complexity index is 187. The van der Waals surface area contributed by atoms with Crippen LogP contribution in [-0.4, -0.2) is 34.4 Å². The molecule has 0 N–H and O–H groups in total. The van der Waals surface area contributed by atoms with Gasteiger partial charge in [-0.1, -0.05) is 0 Å². The zero-order chi connectivity index (χ0) is 8.97. The van der Waals surface area contributed by atoms with Crippen molar-refractivity contribution in [2.75, 3.05) is 17.3 Å². The fourth-order valence-corrected chi connectivity index (χ4v) is 3.11. The van der Waals surface area contributed by atoms with Gasteiger partial charge in [-0.2, -0.15) is 11.8 Å². The van der Waals surface area contributed by atoms with Crippen LogP contribution in [0.2, 0.25) is 0 Å². The molecule has 0 radical (unpaired) electrons. The highest BCUT2D eigenvalue weighted by atomic mass is 32.2. The highest BCUT2D eigenvalue weighted by Crippen LogP contribution is 2.24. The normalized spacial score (nSPS) is 23.2. The van der Waals surface area contributed by atoms with E-state index in [2.05, 4.69) is 0 Å². The van der Waals surface area contributed by atoms with Crippen LogP contribution >= 0.6 is 23.5 Å². The van der Waals surface area contributed by atoms with Crippen LogP contribution in [0.4, 0.5) is 0 Å². The van der Waals surface area contributed by atoms with Gasteiger partial charge in [0, 0.05) is 24.2 Å². The maximum absolute atomic E-state index is 10.8. The zero-order valence-corrected chi connectivity index (χ0v) is 8.37. The van der Waals surface area contributed by atoms with Gasteiger partial charge < -0.3 is 4.74 Å². The van der Waals surface area contributed by atoms with E-state index < -0.39 is 11.8 Å². The molecule has 1 unspecified atom stereocenters. The highest BCUT2D eigenvalue weighted by molar-refractivity contribution is 8.06. The first-order chi connectivity index (χ1) is 5.70. The van der Waals surface area contributed by atoms with Crippen LogP contribution in [0.25, 0.3) is 0 Å². The van der Waals surface area contributed by atoms with Crippen molar-refractivity contribution in [3.8, 4) is 0 Å². The van der Waals surface area contributed by atoms with Crippen molar-refractivity contribution >= 4 is 35.3 Å². The lowest BCUT2D eigenvalue weighted by atomic mass is 10.5. The van der Waals surface area contributed by atoms with Crippen LogP contribution in [0.5, 0.6) is 0 Å². The summed E-state index contributed by atoms with van der Waals surface area (Å²) < 4.78 is 4.91. The summed E-state index contributed by atoms with van der Waals surface area (Å²) in [6, 6.07) is 0. The summed E-state index contributed by atoms with van der Waals surface area (Å²) in [4.78, 5) is 21.3. The molecule has 0 spiro atoms. The number of ether oxygens (including phenoxy) is 1. The van der Waals surface area contributed by atoms with Gasteiger partial charge in [0.15, 0.2) is 5.44 Å². The minimum Gasteiger partial charge on any atom is -0.445 e. The third kappa shape index (κ3) is 3.06. The first kappa shape index (κ1) is 9.92. The molecule has 0 saturated carbocycles. The first-order valence-corrected chi connectivity index (χ1v) is 5.81. The summed E-state index contributed by atoms with van der Waals surface area (Å²) in [5.41, 5.74) is -0.125. The van der Waals surface area contributed by atoms with Crippen molar-refractivity contribution in [2.24, 2.45) is 0 Å². The van der Waals surface area contributed by atoms with E-state index in [-0.39, 0.29) is 5.44 Å². The fraction of sp³-hybridized carbons (Fsp3) is 0.714. The summed E-state index contributed by atoms with van der Waals surface area (Å²) >= 11 is 3.34. The van der Waals surface area contributed by atoms with E-state index in [4.69, 9.17) is 4.74 Å². The van der Waals surface area contributed by atoms with Crippen LogP contribution in [0, 0.1) is 0 Å². The monoisotopic (exact) mass is 206 g/mol. The molecule has 0 aromatic rings. The predicted octanol–water partition coefficient (Wildman–Crippen LogP) is 0.925. The largest absolute Gasteiger partial charge is 0.445 e. The molecule has 5 heteroatoms. The molecule has 1 aliphatic rings. The molecular formula is C7H10O3S2. The minimum absolute atomic E-state index is 0.125. The molecule has 3 nitrogen and oxygen atoms in total. The van der Waals surface area contributed by atoms with Crippen LogP contribution in [-0.2, 0) is 14.3 Å². The number of ketones is 1. The van der Waals surface area contributed by atoms with E-state index in [0.717, 1.165) is 17.3 Å². The standard InChI is InChI=1S/C7H10O3S2/c1-5(8)7(9)10-6-4-11-2-3-12-6/h6H,2-4H2,1H3. The van der Waals surface area contributed by atoms with Crippen molar-refractivity contribution in [1.82, 2.24) is 0 Å². The maximum atomic E-state index is 10.8. The summed E-state index contributed by atoms with van der Waals surface area (Å²) in [6.45, 7) is 1.23. The Kier molecular flexibility index (Phi) is 3.94. The van der Waals surface area contributed by atoms with Gasteiger partial charge in [0.25, 0.3) is 0 Å². The van der Waals surface area contributed by atoms with E-state index in [1.54, 1.807) is 23.5 Å². The Balaban J connectivity index is 2.29. The van der Waals surface area contributed by atoms with Gasteiger partial charge in [-0.15, -0.1) is 11.8 Å². The van der Waals surface area contributed by atoms with Crippen LogP contribution < -0.4 is 0 Å². The number of rotatable bonds is 2. The van der Waals surface area contributed by atoms with E-state index in [0.29, 0.717) is 0 Å². The van der Waals surface area contributed by atoms with E-state index in [9.17, 15) is 9.59 Å². The Labute approximate surface area is 79.6 Å². The molecule has 0 aromatic carbocycles. The number of hydrogen-bond donors (Lipinski definition) is 0. The zero-order valence-electron chi connectivity index (χ0n) is 6.74. The van der Waals surface area contributed by atoms with Crippen molar-refractivity contribution in [1.29, 1.82) is 0 Å². The van der Waals surface area contributed by atoms with Crippen LogP contribution in [0.3, 0.4) is 0 Å². The Hall–Kier alpha value is -0.160. The smallest absolute Gasteiger partial charge is 0.375 e. The van der Waals surface area contributed by atoms with Gasteiger partial charge in [0.1, 0.15) is 0 Å². The molecule has 1 saturated heterocycles. The third-order valence-electron chi connectivity index (χ3n) is 1.31. The number of thioether (sulfide) groups is 2. The lowest BCUT2D eigenvalue weighted by Gasteiger charge is -2.20. The maximum Gasteiger partial charge on any atom is 0.375 e. The molecule has 1 atom stereocenters. The third-order valence-corrected chi connectivity index (χ3v) is 3.89. The Morgan fingerprint density at radius 1 is 1.42 bits per heavy atom. The number of Topliss-reactive ketones (excluding diaryl/α,β-unsaturated/α-hetero) is 1. The van der Waals surface area contributed by atoms with E-state index in [1.165, 1.54) is 6.92 Å². The molecule has 1 heterocycles. The van der Waals surface area contributed by atoms with Gasteiger partial charge in [-0.25, -0.2) is 4.79 Å². The lowest BCUT2D eigenvalue weighted by molar-refractivity contribution is -0.153. The van der Waals surface area contributed by atoms with Crippen LogP contribution in [0.15, 0.2) is 0 Å². The van der Waals surface area contributed by atoms with E-state index >= 15 is 0 Å². The second-order valence-electron chi connectivity index (χ2n) is 2.34. The fourth-order valence-electron chi connectivity index (χ4n) is 0.737. The summed E-state index contributed by atoms with van der Waals surface area (Å²) in [7, 11) is 0. The summed E-state index contributed by atoms with van der Waals surface area (Å²) in [6.07, 6.45) is 0. The van der Waals surface area contributed by atoms with Gasteiger partial charge in [0.05, 0.1) is 0 Å². The topological polar surface area (TPSA) is 43.4 Å².